The first kappa shape index (κ1) is 42.5. The summed E-state index contributed by atoms with van der Waals surface area (Å²) < 4.78 is 0. The predicted molar refractivity (Wildman–Crippen MR) is 206 cm³/mol. The molecule has 5 amide bonds. The third kappa shape index (κ3) is 13.6. The maximum atomic E-state index is 13.6. The molecule has 1 aromatic carbocycles. The van der Waals surface area contributed by atoms with Crippen molar-refractivity contribution in [2.45, 2.75) is 97.4 Å². The molecule has 0 saturated heterocycles. The summed E-state index contributed by atoms with van der Waals surface area (Å²) in [7, 11) is 1.89. The van der Waals surface area contributed by atoms with Gasteiger partial charge in [0, 0.05) is 37.6 Å². The van der Waals surface area contributed by atoms with Crippen LogP contribution in [0.15, 0.2) is 36.7 Å². The first-order valence-corrected chi connectivity index (χ1v) is 19.8. The number of nitrogens with one attached hydrogen (secondary N) is 4. The molecule has 5 unspecified atom stereocenters. The monoisotopic (exact) mass is 783 g/mol. The smallest absolute Gasteiger partial charge is 0.254 e. The number of alkyl halides is 1. The molecule has 1 aromatic heterocycles. The number of aromatic nitrogens is 2. The summed E-state index contributed by atoms with van der Waals surface area (Å²) in [6.07, 6.45) is 12.0. The van der Waals surface area contributed by atoms with Crippen molar-refractivity contribution in [2.75, 3.05) is 32.0 Å². The van der Waals surface area contributed by atoms with Gasteiger partial charge in [-0.1, -0.05) is 101 Å². The lowest BCUT2D eigenvalue weighted by Gasteiger charge is -2.41. The SMILES string of the molecule is CCC(C)CCCC(C)C(C1CCC1)C(C)C(=O)N(C)CCc1cccc(NC(=O)CNC(=O)C(C)NC(=O)CNC(=O)c2cnc(CBr)nc2)c1. The molecule has 286 valence electrons. The Morgan fingerprint density at radius 2 is 1.65 bits per heavy atom. The molecule has 0 spiro atoms. The maximum absolute atomic E-state index is 13.6. The Balaban J connectivity index is 1.41. The van der Waals surface area contributed by atoms with Crippen LogP contribution >= 0.6 is 15.9 Å². The molecule has 1 aliphatic rings. The van der Waals surface area contributed by atoms with Crippen LogP contribution in [0.5, 0.6) is 0 Å². The highest BCUT2D eigenvalue weighted by Gasteiger charge is 2.38. The van der Waals surface area contributed by atoms with Crippen molar-refractivity contribution in [3.05, 3.63) is 53.6 Å². The Kier molecular flexibility index (Phi) is 17.7. The van der Waals surface area contributed by atoms with Gasteiger partial charge in [0.25, 0.3) is 5.91 Å². The van der Waals surface area contributed by atoms with Crippen LogP contribution in [0.3, 0.4) is 0 Å². The van der Waals surface area contributed by atoms with Crippen LogP contribution < -0.4 is 21.3 Å². The Bertz CT molecular complexity index is 1490. The second kappa shape index (κ2) is 21.6. The molecule has 0 bridgehead atoms. The van der Waals surface area contributed by atoms with Crippen LogP contribution in [0.25, 0.3) is 0 Å². The van der Waals surface area contributed by atoms with Crippen LogP contribution in [-0.2, 0) is 30.9 Å². The number of hydrogen-bond acceptors (Lipinski definition) is 7. The summed E-state index contributed by atoms with van der Waals surface area (Å²) >= 11 is 3.23. The molecule has 0 aliphatic heterocycles. The van der Waals surface area contributed by atoms with Crippen molar-refractivity contribution >= 4 is 51.2 Å². The lowest BCUT2D eigenvalue weighted by Crippen LogP contribution is -2.49. The summed E-state index contributed by atoms with van der Waals surface area (Å²) in [6.45, 7) is 10.5. The molecule has 12 nitrogen and oxygen atoms in total. The molecule has 1 saturated carbocycles. The van der Waals surface area contributed by atoms with Gasteiger partial charge in [-0.15, -0.1) is 0 Å². The molecule has 1 aliphatic carbocycles. The average Bonchev–Trinajstić information content (AvgIpc) is 3.12. The number of rotatable bonds is 21. The predicted octanol–water partition coefficient (Wildman–Crippen LogP) is 5.27. The topological polar surface area (TPSA) is 162 Å². The van der Waals surface area contributed by atoms with Crippen LogP contribution in [0.4, 0.5) is 5.69 Å². The molecule has 52 heavy (non-hydrogen) atoms. The molecule has 4 N–H and O–H groups in total. The largest absolute Gasteiger partial charge is 0.345 e. The fourth-order valence-electron chi connectivity index (χ4n) is 6.79. The number of amides is 5. The van der Waals surface area contributed by atoms with Gasteiger partial charge in [0.2, 0.25) is 23.6 Å². The number of likely N-dealkylation sites (N-methyl/N-ethyl adjacent to an activating group) is 1. The highest BCUT2D eigenvalue weighted by molar-refractivity contribution is 9.08. The van der Waals surface area contributed by atoms with E-state index < -0.39 is 29.7 Å². The number of hydrogen-bond donors (Lipinski definition) is 4. The lowest BCUT2D eigenvalue weighted by atomic mass is 9.65. The van der Waals surface area contributed by atoms with E-state index in [1.807, 2.05) is 30.1 Å². The quantitative estimate of drug-likeness (QED) is 0.126. The van der Waals surface area contributed by atoms with E-state index in [1.165, 1.54) is 64.3 Å². The van der Waals surface area contributed by atoms with Gasteiger partial charge in [-0.05, 0) is 54.7 Å². The number of benzene rings is 1. The van der Waals surface area contributed by atoms with E-state index in [-0.39, 0.29) is 30.5 Å². The first-order chi connectivity index (χ1) is 24.8. The molecule has 2 aromatic rings. The van der Waals surface area contributed by atoms with Crippen molar-refractivity contribution in [2.24, 2.45) is 29.6 Å². The zero-order valence-corrected chi connectivity index (χ0v) is 33.3. The Labute approximate surface area is 317 Å². The van der Waals surface area contributed by atoms with Gasteiger partial charge < -0.3 is 26.2 Å². The second-order valence-corrected chi connectivity index (χ2v) is 15.0. The fraction of sp³-hybridized carbons (Fsp3) is 0.615. The van der Waals surface area contributed by atoms with Gasteiger partial charge in [0.1, 0.15) is 11.9 Å². The molecular weight excluding hydrogens is 726 g/mol. The number of anilines is 1. The van der Waals surface area contributed by atoms with Crippen molar-refractivity contribution in [3.63, 3.8) is 0 Å². The van der Waals surface area contributed by atoms with Crippen molar-refractivity contribution in [1.29, 1.82) is 0 Å². The second-order valence-electron chi connectivity index (χ2n) is 14.4. The molecule has 13 heteroatoms. The summed E-state index contributed by atoms with van der Waals surface area (Å²) in [5, 5.41) is 10.7. The van der Waals surface area contributed by atoms with E-state index in [0.29, 0.717) is 47.6 Å². The highest BCUT2D eigenvalue weighted by Crippen LogP contribution is 2.43. The number of carbonyl (C=O) groups is 5. The summed E-state index contributed by atoms with van der Waals surface area (Å²) in [4.78, 5) is 73.2. The van der Waals surface area contributed by atoms with E-state index in [1.54, 1.807) is 6.07 Å². The third-order valence-corrected chi connectivity index (χ3v) is 10.9. The number of carbonyl (C=O) groups excluding carboxylic acids is 5. The first-order valence-electron chi connectivity index (χ1n) is 18.7. The molecule has 3 rings (SSSR count). The molecule has 1 fully saturated rings. The van der Waals surface area contributed by atoms with Gasteiger partial charge in [-0.25, -0.2) is 9.97 Å². The van der Waals surface area contributed by atoms with Crippen LogP contribution in [0, 0.1) is 29.6 Å². The van der Waals surface area contributed by atoms with E-state index in [2.05, 4.69) is 74.9 Å². The molecule has 5 atom stereocenters. The van der Waals surface area contributed by atoms with E-state index in [4.69, 9.17) is 0 Å². The summed E-state index contributed by atoms with van der Waals surface area (Å²) in [6, 6.07) is 6.52. The number of halogens is 1. The third-order valence-electron chi connectivity index (χ3n) is 10.4. The van der Waals surface area contributed by atoms with Crippen molar-refractivity contribution in [3.8, 4) is 0 Å². The van der Waals surface area contributed by atoms with Crippen LogP contribution in [0.2, 0.25) is 0 Å². The Hall–Kier alpha value is -3.87. The zero-order valence-electron chi connectivity index (χ0n) is 31.7. The van der Waals surface area contributed by atoms with Gasteiger partial charge in [-0.3, -0.25) is 24.0 Å². The minimum Gasteiger partial charge on any atom is -0.345 e. The highest BCUT2D eigenvalue weighted by atomic mass is 79.9. The fourth-order valence-corrected chi connectivity index (χ4v) is 7.08. The van der Waals surface area contributed by atoms with E-state index >= 15 is 0 Å². The molecular formula is C39H58BrN7O5. The van der Waals surface area contributed by atoms with Gasteiger partial charge in [-0.2, -0.15) is 0 Å². The minimum atomic E-state index is -0.939. The van der Waals surface area contributed by atoms with E-state index in [9.17, 15) is 24.0 Å². The van der Waals surface area contributed by atoms with Gasteiger partial charge in [0.15, 0.2) is 0 Å². The summed E-state index contributed by atoms with van der Waals surface area (Å²) in [5.74, 6) is 0.963. The van der Waals surface area contributed by atoms with E-state index in [0.717, 1.165) is 11.5 Å². The van der Waals surface area contributed by atoms with Gasteiger partial charge >= 0.3 is 0 Å². The zero-order chi connectivity index (χ0) is 38.2. The van der Waals surface area contributed by atoms with Gasteiger partial charge in [0.05, 0.1) is 24.0 Å². The van der Waals surface area contributed by atoms with Crippen LogP contribution in [-0.4, -0.2) is 77.1 Å². The van der Waals surface area contributed by atoms with Crippen molar-refractivity contribution < 1.29 is 24.0 Å². The molecule has 1 heterocycles. The average molecular weight is 785 g/mol. The van der Waals surface area contributed by atoms with Crippen molar-refractivity contribution in [1.82, 2.24) is 30.8 Å². The lowest BCUT2D eigenvalue weighted by molar-refractivity contribution is -0.137. The Morgan fingerprint density at radius 3 is 2.29 bits per heavy atom. The van der Waals surface area contributed by atoms with Crippen LogP contribution in [0.1, 0.15) is 101 Å². The normalized spacial score (nSPS) is 15.6. The minimum absolute atomic E-state index is 0.0188. The number of nitrogens with zero attached hydrogens (tertiary/aromatic N) is 3. The maximum Gasteiger partial charge on any atom is 0.254 e. The Morgan fingerprint density at radius 1 is 0.962 bits per heavy atom. The molecule has 0 radical (unpaired) electrons. The standard InChI is InChI=1S/C39H58BrN7O5/c1-7-25(2)11-8-12-26(3)36(30-14-10-15-30)27(4)39(52)47(6)18-17-29-13-9-16-32(19-29)46-35(49)24-43-37(50)28(5)45-34(48)23-44-38(51)31-21-41-33(20-40)42-22-31/h9,13,16,19,21-22,25-28,30,36H,7-8,10-12,14-15,17-18,20,23-24H2,1-6H3,(H,43,50)(H,44,51)(H,45,48)(H,46,49). The summed E-state index contributed by atoms with van der Waals surface area (Å²) in [5.41, 5.74) is 1.77.